The zero-order valence-electron chi connectivity index (χ0n) is 16.7. The summed E-state index contributed by atoms with van der Waals surface area (Å²) in [6.45, 7) is 2.20. The van der Waals surface area contributed by atoms with Gasteiger partial charge in [-0.3, -0.25) is 9.59 Å². The number of amides is 1. The number of rotatable bonds is 6. The van der Waals surface area contributed by atoms with Gasteiger partial charge in [0.2, 0.25) is 11.7 Å². The molecule has 0 saturated carbocycles. The highest BCUT2D eigenvalue weighted by atomic mass is 79.9. The maximum atomic E-state index is 12.9. The molecule has 0 fully saturated rings. The first-order valence-electron chi connectivity index (χ1n) is 9.62. The second-order valence-electron chi connectivity index (χ2n) is 6.96. The molecule has 0 unspecified atom stereocenters. The molecule has 0 aliphatic carbocycles. The van der Waals surface area contributed by atoms with E-state index in [1.165, 1.54) is 4.57 Å². The van der Waals surface area contributed by atoms with Crippen molar-refractivity contribution in [3.8, 4) is 22.8 Å². The second kappa shape index (κ2) is 9.09. The third-order valence-electron chi connectivity index (χ3n) is 4.81. The highest BCUT2D eigenvalue weighted by molar-refractivity contribution is 9.10. The Morgan fingerprint density at radius 2 is 1.81 bits per heavy atom. The molecule has 4 aromatic rings. The van der Waals surface area contributed by atoms with Crippen LogP contribution < -0.4 is 10.9 Å². The fourth-order valence-corrected chi connectivity index (χ4v) is 3.56. The van der Waals surface area contributed by atoms with Crippen molar-refractivity contribution in [1.82, 2.24) is 20.0 Å². The van der Waals surface area contributed by atoms with Crippen LogP contribution in [0.2, 0.25) is 0 Å². The summed E-state index contributed by atoms with van der Waals surface area (Å²) in [5.41, 5.74) is 2.65. The van der Waals surface area contributed by atoms with Crippen LogP contribution in [0, 0.1) is 6.92 Å². The van der Waals surface area contributed by atoms with Crippen molar-refractivity contribution in [3.63, 3.8) is 0 Å². The number of halogens is 1. The molecular formula is C23H19BrN4O3. The van der Waals surface area contributed by atoms with Crippen molar-refractivity contribution in [2.24, 2.45) is 0 Å². The number of hydrogen-bond acceptors (Lipinski definition) is 5. The van der Waals surface area contributed by atoms with Crippen LogP contribution in [-0.4, -0.2) is 20.6 Å². The van der Waals surface area contributed by atoms with Gasteiger partial charge in [0.15, 0.2) is 0 Å². The van der Waals surface area contributed by atoms with Gasteiger partial charge in [-0.05, 0) is 36.2 Å². The third-order valence-corrected chi connectivity index (χ3v) is 5.58. The van der Waals surface area contributed by atoms with Gasteiger partial charge < -0.3 is 14.4 Å². The van der Waals surface area contributed by atoms with E-state index >= 15 is 0 Å². The van der Waals surface area contributed by atoms with Crippen molar-refractivity contribution >= 4 is 21.8 Å². The van der Waals surface area contributed by atoms with Gasteiger partial charge in [0.25, 0.3) is 11.4 Å². The summed E-state index contributed by atoms with van der Waals surface area (Å²) in [7, 11) is 0. The number of carbonyl (C=O) groups excluding carboxylic acids is 1. The predicted molar refractivity (Wildman–Crippen MR) is 120 cm³/mol. The van der Waals surface area contributed by atoms with Crippen LogP contribution in [0.25, 0.3) is 22.8 Å². The molecule has 2 aromatic heterocycles. The fraction of sp³-hybridized carbons (Fsp3) is 0.130. The van der Waals surface area contributed by atoms with Crippen LogP contribution >= 0.6 is 15.9 Å². The lowest BCUT2D eigenvalue weighted by Gasteiger charge is -2.09. The number of aryl methyl sites for hydroxylation is 1. The molecule has 8 heteroatoms. The van der Waals surface area contributed by atoms with E-state index in [-0.39, 0.29) is 29.5 Å². The van der Waals surface area contributed by atoms with E-state index in [1.807, 2.05) is 55.5 Å². The number of nitrogens with zero attached hydrogens (tertiary/aromatic N) is 3. The van der Waals surface area contributed by atoms with Crippen molar-refractivity contribution in [1.29, 1.82) is 0 Å². The Bertz CT molecular complexity index is 1300. The van der Waals surface area contributed by atoms with E-state index in [0.29, 0.717) is 12.4 Å². The summed E-state index contributed by atoms with van der Waals surface area (Å²) in [4.78, 5) is 29.7. The smallest absolute Gasteiger partial charge is 0.263 e. The molecule has 0 spiro atoms. The van der Waals surface area contributed by atoms with Crippen LogP contribution in [0.3, 0.4) is 0 Å². The molecule has 2 heterocycles. The first kappa shape index (κ1) is 20.7. The summed E-state index contributed by atoms with van der Waals surface area (Å²) in [5, 5.41) is 6.84. The molecule has 0 aliphatic heterocycles. The van der Waals surface area contributed by atoms with Crippen LogP contribution in [0.1, 0.15) is 11.1 Å². The van der Waals surface area contributed by atoms with Crippen molar-refractivity contribution in [3.05, 3.63) is 92.8 Å². The molecule has 156 valence electrons. The van der Waals surface area contributed by atoms with E-state index in [1.54, 1.807) is 18.3 Å². The Balaban J connectivity index is 1.51. The quantitative estimate of drug-likeness (QED) is 0.453. The van der Waals surface area contributed by atoms with Gasteiger partial charge in [0.1, 0.15) is 12.1 Å². The molecule has 0 atom stereocenters. The van der Waals surface area contributed by atoms with Crippen molar-refractivity contribution in [2.75, 3.05) is 0 Å². The standard InChI is InChI=1S/C23H19BrN4O3/c1-15-7-2-4-9-17(15)21-26-22(31-27-21)18-10-6-12-28(23(18)30)14-20(29)25-13-16-8-3-5-11-19(16)24/h2-12H,13-14H2,1H3,(H,25,29). The zero-order chi connectivity index (χ0) is 21.8. The van der Waals surface area contributed by atoms with Gasteiger partial charge in [-0.25, -0.2) is 0 Å². The molecule has 0 aliphatic rings. The van der Waals surface area contributed by atoms with Crippen LogP contribution in [0.15, 0.2) is 80.7 Å². The average Bonchev–Trinajstić information content (AvgIpc) is 3.25. The molecule has 31 heavy (non-hydrogen) atoms. The van der Waals surface area contributed by atoms with Crippen molar-refractivity contribution in [2.45, 2.75) is 20.0 Å². The highest BCUT2D eigenvalue weighted by Gasteiger charge is 2.16. The Morgan fingerprint density at radius 1 is 1.06 bits per heavy atom. The SMILES string of the molecule is Cc1ccccc1-c1noc(-c2cccn(CC(=O)NCc3ccccc3Br)c2=O)n1. The molecule has 0 saturated heterocycles. The first-order chi connectivity index (χ1) is 15.0. The maximum Gasteiger partial charge on any atom is 0.263 e. The molecule has 0 bridgehead atoms. The Morgan fingerprint density at radius 3 is 2.61 bits per heavy atom. The number of aromatic nitrogens is 3. The number of carbonyl (C=O) groups is 1. The molecule has 0 radical (unpaired) electrons. The molecule has 2 aromatic carbocycles. The summed E-state index contributed by atoms with van der Waals surface area (Å²) in [6, 6.07) is 18.6. The van der Waals surface area contributed by atoms with Crippen LogP contribution in [-0.2, 0) is 17.9 Å². The second-order valence-corrected chi connectivity index (χ2v) is 7.82. The minimum Gasteiger partial charge on any atom is -0.350 e. The zero-order valence-corrected chi connectivity index (χ0v) is 18.3. The van der Waals surface area contributed by atoms with E-state index in [2.05, 4.69) is 31.4 Å². The fourth-order valence-electron chi connectivity index (χ4n) is 3.14. The molecular weight excluding hydrogens is 460 g/mol. The number of benzene rings is 2. The number of hydrogen-bond donors (Lipinski definition) is 1. The lowest BCUT2D eigenvalue weighted by Crippen LogP contribution is -2.32. The van der Waals surface area contributed by atoms with Gasteiger partial charge >= 0.3 is 0 Å². The third kappa shape index (κ3) is 4.64. The van der Waals surface area contributed by atoms with Crippen LogP contribution in [0.4, 0.5) is 0 Å². The highest BCUT2D eigenvalue weighted by Crippen LogP contribution is 2.22. The monoisotopic (exact) mass is 478 g/mol. The number of pyridine rings is 1. The molecule has 1 amide bonds. The lowest BCUT2D eigenvalue weighted by molar-refractivity contribution is -0.121. The minimum atomic E-state index is -0.376. The van der Waals surface area contributed by atoms with Gasteiger partial charge in [-0.1, -0.05) is 63.6 Å². The van der Waals surface area contributed by atoms with E-state index in [4.69, 9.17) is 4.52 Å². The van der Waals surface area contributed by atoms with Gasteiger partial charge in [0.05, 0.1) is 0 Å². The largest absolute Gasteiger partial charge is 0.350 e. The summed E-state index contributed by atoms with van der Waals surface area (Å²) in [5.74, 6) is 0.251. The predicted octanol–water partition coefficient (Wildman–Crippen LogP) is 3.95. The normalized spacial score (nSPS) is 10.8. The minimum absolute atomic E-state index is 0.115. The average molecular weight is 479 g/mol. The van der Waals surface area contributed by atoms with E-state index in [9.17, 15) is 9.59 Å². The van der Waals surface area contributed by atoms with Gasteiger partial charge in [-0.15, -0.1) is 0 Å². The summed E-state index contributed by atoms with van der Waals surface area (Å²) >= 11 is 3.45. The summed E-state index contributed by atoms with van der Waals surface area (Å²) < 4.78 is 7.57. The Hall–Kier alpha value is -3.52. The van der Waals surface area contributed by atoms with Crippen LogP contribution in [0.5, 0.6) is 0 Å². The Labute approximate surface area is 186 Å². The van der Waals surface area contributed by atoms with E-state index < -0.39 is 0 Å². The maximum absolute atomic E-state index is 12.9. The summed E-state index contributed by atoms with van der Waals surface area (Å²) in [6.07, 6.45) is 1.56. The Kier molecular flexibility index (Phi) is 6.08. The topological polar surface area (TPSA) is 90.0 Å². The lowest BCUT2D eigenvalue weighted by atomic mass is 10.1. The molecule has 4 rings (SSSR count). The van der Waals surface area contributed by atoms with Crippen molar-refractivity contribution < 1.29 is 9.32 Å². The molecule has 1 N–H and O–H groups in total. The molecule has 7 nitrogen and oxygen atoms in total. The van der Waals surface area contributed by atoms with Gasteiger partial charge in [-0.2, -0.15) is 4.98 Å². The van der Waals surface area contributed by atoms with Gasteiger partial charge in [0, 0.05) is 22.8 Å². The number of nitrogens with one attached hydrogen (secondary N) is 1. The van der Waals surface area contributed by atoms with E-state index in [0.717, 1.165) is 21.2 Å². The first-order valence-corrected chi connectivity index (χ1v) is 10.4.